The summed E-state index contributed by atoms with van der Waals surface area (Å²) < 4.78 is 5.41. The average Bonchev–Trinajstić information content (AvgIpc) is 3.37. The number of aliphatic carboxylic acids is 1. The quantitative estimate of drug-likeness (QED) is 0.247. The van der Waals surface area contributed by atoms with Gasteiger partial charge in [-0.25, -0.2) is 4.90 Å². The van der Waals surface area contributed by atoms with Crippen LogP contribution in [0.25, 0.3) is 0 Å². The maximum absolute atomic E-state index is 14.4. The van der Waals surface area contributed by atoms with Gasteiger partial charge < -0.3 is 14.9 Å². The number of nitrogens with zero attached hydrogens (tertiary/aromatic N) is 2. The second-order valence-electron chi connectivity index (χ2n) is 12.4. The Hall–Kier alpha value is -4.47. The number of likely N-dealkylation sites (tertiary alicyclic amines) is 1. The van der Waals surface area contributed by atoms with E-state index in [0.717, 1.165) is 5.57 Å². The van der Waals surface area contributed by atoms with Crippen LogP contribution in [0.15, 0.2) is 60.2 Å². The normalized spacial score (nSPS) is 29.3. The second-order valence-corrected chi connectivity index (χ2v) is 12.4. The van der Waals surface area contributed by atoms with Crippen molar-refractivity contribution in [1.82, 2.24) is 4.90 Å². The fourth-order valence-electron chi connectivity index (χ4n) is 8.13. The third-order valence-electron chi connectivity index (χ3n) is 10.2. The summed E-state index contributed by atoms with van der Waals surface area (Å²) in [6.07, 6.45) is 4.07. The zero-order valence-corrected chi connectivity index (χ0v) is 24.8. The van der Waals surface area contributed by atoms with E-state index in [0.29, 0.717) is 36.9 Å². The number of phenols is 1. The third kappa shape index (κ3) is 4.41. The number of amides is 4. The van der Waals surface area contributed by atoms with Crippen LogP contribution in [0.1, 0.15) is 56.9 Å². The number of para-hydroxylation sites is 2. The van der Waals surface area contributed by atoms with Gasteiger partial charge >= 0.3 is 5.97 Å². The minimum Gasteiger partial charge on any atom is -0.504 e. The molecule has 10 nitrogen and oxygen atoms in total. The lowest BCUT2D eigenvalue weighted by atomic mass is 9.51. The summed E-state index contributed by atoms with van der Waals surface area (Å²) >= 11 is 0. The number of rotatable bonds is 9. The summed E-state index contributed by atoms with van der Waals surface area (Å²) in [7, 11) is 1.44. The summed E-state index contributed by atoms with van der Waals surface area (Å²) in [5.74, 6) is -5.31. The molecule has 10 heteroatoms. The molecule has 2 aliphatic carbocycles. The Morgan fingerprint density at radius 2 is 1.70 bits per heavy atom. The fraction of sp³-hybridized carbons (Fsp3) is 0.441. The molecule has 1 saturated carbocycles. The van der Waals surface area contributed by atoms with E-state index in [9.17, 15) is 29.1 Å². The maximum atomic E-state index is 14.4. The molecule has 2 saturated heterocycles. The van der Waals surface area contributed by atoms with E-state index in [1.165, 1.54) is 16.9 Å². The Labute approximate surface area is 255 Å². The number of hydrogen-bond donors (Lipinski definition) is 2. The number of unbranched alkanes of at least 4 members (excludes halogenated alkanes) is 2. The molecule has 2 heterocycles. The lowest BCUT2D eigenvalue weighted by molar-refractivity contribution is -0.141. The number of aromatic hydroxyl groups is 1. The summed E-state index contributed by atoms with van der Waals surface area (Å²) in [6.45, 7) is 1.99. The lowest BCUT2D eigenvalue weighted by Gasteiger charge is -2.49. The van der Waals surface area contributed by atoms with Gasteiger partial charge in [-0.1, -0.05) is 48.4 Å². The van der Waals surface area contributed by atoms with Gasteiger partial charge in [0, 0.05) is 24.4 Å². The Bertz CT molecular complexity index is 1570. The highest BCUT2D eigenvalue weighted by atomic mass is 16.5. The van der Waals surface area contributed by atoms with Crippen molar-refractivity contribution in [2.75, 3.05) is 18.6 Å². The smallest absolute Gasteiger partial charge is 0.303 e. The summed E-state index contributed by atoms with van der Waals surface area (Å²) in [4.78, 5) is 69.4. The predicted molar refractivity (Wildman–Crippen MR) is 159 cm³/mol. The molecule has 0 bridgehead atoms. The van der Waals surface area contributed by atoms with E-state index in [1.807, 2.05) is 6.08 Å². The average molecular weight is 601 g/mol. The molecule has 2 aliphatic heterocycles. The summed E-state index contributed by atoms with van der Waals surface area (Å²) in [5, 5.41) is 20.3. The number of methoxy groups -OCH3 is 1. The number of imide groups is 2. The number of ether oxygens (including phenoxy) is 1. The molecule has 0 spiro atoms. The van der Waals surface area contributed by atoms with Crippen molar-refractivity contribution in [3.63, 3.8) is 0 Å². The Morgan fingerprint density at radius 3 is 2.41 bits per heavy atom. The topological polar surface area (TPSA) is 142 Å². The summed E-state index contributed by atoms with van der Waals surface area (Å²) in [5.41, 5.74) is 0.424. The number of carbonyl (C=O) groups is 5. The van der Waals surface area contributed by atoms with Crippen molar-refractivity contribution in [2.24, 2.45) is 29.1 Å². The summed E-state index contributed by atoms with van der Waals surface area (Å²) in [6, 6.07) is 13.8. The predicted octanol–water partition coefficient (Wildman–Crippen LogP) is 4.28. The molecule has 3 fully saturated rings. The Balaban J connectivity index is 1.40. The lowest BCUT2D eigenvalue weighted by Crippen LogP contribution is -2.48. The van der Waals surface area contributed by atoms with E-state index in [2.05, 4.69) is 0 Å². The van der Waals surface area contributed by atoms with Crippen LogP contribution in [0.5, 0.6) is 11.5 Å². The molecule has 44 heavy (non-hydrogen) atoms. The van der Waals surface area contributed by atoms with E-state index in [-0.39, 0.29) is 54.5 Å². The first kappa shape index (κ1) is 29.6. The van der Waals surface area contributed by atoms with E-state index in [1.54, 1.807) is 55.5 Å². The van der Waals surface area contributed by atoms with Crippen LogP contribution in [-0.2, 0) is 24.0 Å². The van der Waals surface area contributed by atoms with Crippen molar-refractivity contribution < 1.29 is 38.9 Å². The van der Waals surface area contributed by atoms with Crippen molar-refractivity contribution in [3.8, 4) is 11.5 Å². The monoisotopic (exact) mass is 600 g/mol. The minimum atomic E-state index is -1.26. The molecule has 0 unspecified atom stereocenters. The van der Waals surface area contributed by atoms with Crippen LogP contribution in [0.2, 0.25) is 0 Å². The van der Waals surface area contributed by atoms with E-state index in [4.69, 9.17) is 9.84 Å². The maximum Gasteiger partial charge on any atom is 0.303 e. The van der Waals surface area contributed by atoms with Gasteiger partial charge in [0.2, 0.25) is 23.6 Å². The molecule has 6 atom stereocenters. The number of carboxylic acids is 1. The highest BCUT2D eigenvalue weighted by molar-refractivity contribution is 6.24. The van der Waals surface area contributed by atoms with Crippen molar-refractivity contribution in [3.05, 3.63) is 65.7 Å². The molecule has 4 amide bonds. The molecular formula is C34H36N2O8. The Kier molecular flexibility index (Phi) is 7.55. The van der Waals surface area contributed by atoms with Crippen molar-refractivity contribution in [2.45, 2.75) is 51.4 Å². The van der Waals surface area contributed by atoms with Crippen LogP contribution in [0.3, 0.4) is 0 Å². The number of anilines is 1. The zero-order chi connectivity index (χ0) is 31.3. The number of fused-ring (bicyclic) bond motifs is 4. The van der Waals surface area contributed by atoms with Gasteiger partial charge in [-0.05, 0) is 56.7 Å². The zero-order valence-electron chi connectivity index (χ0n) is 24.8. The van der Waals surface area contributed by atoms with Crippen LogP contribution in [0, 0.1) is 29.1 Å². The highest BCUT2D eigenvalue weighted by Crippen LogP contribution is 2.64. The van der Waals surface area contributed by atoms with E-state index >= 15 is 0 Å². The molecular weight excluding hydrogens is 564 g/mol. The molecule has 230 valence electrons. The van der Waals surface area contributed by atoms with Gasteiger partial charge in [0.05, 0.1) is 36.0 Å². The van der Waals surface area contributed by atoms with Gasteiger partial charge in [0.25, 0.3) is 0 Å². The van der Waals surface area contributed by atoms with Crippen LogP contribution < -0.4 is 9.64 Å². The molecule has 6 rings (SSSR count). The van der Waals surface area contributed by atoms with Gasteiger partial charge in [-0.15, -0.1) is 0 Å². The van der Waals surface area contributed by atoms with Gasteiger partial charge in [-0.2, -0.15) is 0 Å². The first-order valence-corrected chi connectivity index (χ1v) is 15.2. The van der Waals surface area contributed by atoms with Crippen molar-refractivity contribution in [1.29, 1.82) is 0 Å². The van der Waals surface area contributed by atoms with Gasteiger partial charge in [0.15, 0.2) is 11.5 Å². The minimum absolute atomic E-state index is 0.0356. The third-order valence-corrected chi connectivity index (χ3v) is 10.2. The van der Waals surface area contributed by atoms with Crippen molar-refractivity contribution >= 4 is 35.3 Å². The van der Waals surface area contributed by atoms with Crippen LogP contribution in [-0.4, -0.2) is 58.4 Å². The molecule has 0 radical (unpaired) electrons. The fourth-order valence-corrected chi connectivity index (χ4v) is 8.13. The largest absolute Gasteiger partial charge is 0.504 e. The number of phenolic OH excluding ortho intramolecular Hbond substituents is 1. The Morgan fingerprint density at radius 1 is 0.955 bits per heavy atom. The molecule has 4 aliphatic rings. The number of allylic oxidation sites excluding steroid dienone is 2. The first-order valence-electron chi connectivity index (χ1n) is 15.2. The first-order chi connectivity index (χ1) is 21.1. The second kappa shape index (κ2) is 11.2. The van der Waals surface area contributed by atoms with E-state index < -0.39 is 41.0 Å². The van der Waals surface area contributed by atoms with Gasteiger partial charge in [-0.3, -0.25) is 28.9 Å². The standard InChI is InChI=1S/C34H36N2O8/c1-34-24(31(41)36(33(34)43)19-10-5-3-6-11-19)18-23-20(28(34)22-12-9-13-25(44-2)29(22)39)15-16-21-27(23)32(42)35(30(21)40)17-8-4-7-14-26(37)38/h3,5-6,9-13,15,21,23-24,27-28,39H,4,7-8,14,16-18H2,1-2H3,(H,37,38)/t21-,23+,24-,27-,28+,34+/m0/s1. The van der Waals surface area contributed by atoms with Crippen LogP contribution in [0.4, 0.5) is 5.69 Å². The SMILES string of the molecule is COc1cccc([C@H]2C3=CC[C@@H]4C(=O)N(CCCCCC(=O)O)C(=O)[C@@H]4[C@@H]3C[C@H]3C(=O)N(c4ccccc4)C(=O)[C@@]23C)c1O. The number of carboxylic acid groups (broad SMARTS) is 1. The number of carbonyl (C=O) groups excluding carboxylic acids is 4. The number of hydrogen-bond acceptors (Lipinski definition) is 7. The highest BCUT2D eigenvalue weighted by Gasteiger charge is 2.67. The molecule has 0 aromatic heterocycles. The van der Waals surface area contributed by atoms with Gasteiger partial charge in [0.1, 0.15) is 0 Å². The molecule has 2 aromatic carbocycles. The number of benzene rings is 2. The molecule has 2 aromatic rings. The molecule has 2 N–H and O–H groups in total. The van der Waals surface area contributed by atoms with Crippen LogP contribution >= 0.6 is 0 Å².